The third-order valence-electron chi connectivity index (χ3n) is 7.04. The van der Waals surface area contributed by atoms with Gasteiger partial charge in [-0.25, -0.2) is 13.2 Å². The van der Waals surface area contributed by atoms with Crippen molar-refractivity contribution in [3.8, 4) is 11.3 Å². The van der Waals surface area contributed by atoms with E-state index in [9.17, 15) is 18.0 Å². The summed E-state index contributed by atoms with van der Waals surface area (Å²) in [5, 5.41) is 1.36. The van der Waals surface area contributed by atoms with Crippen molar-refractivity contribution in [1.82, 2.24) is 14.5 Å². The summed E-state index contributed by atoms with van der Waals surface area (Å²) >= 11 is 6.34. The molecule has 0 aliphatic carbocycles. The zero-order chi connectivity index (χ0) is 24.7. The number of hydrogen-bond acceptors (Lipinski definition) is 2. The van der Waals surface area contributed by atoms with Crippen LogP contribution in [0.4, 0.5) is 13.2 Å². The van der Waals surface area contributed by atoms with E-state index in [4.69, 9.17) is 11.6 Å². The zero-order valence-corrected chi connectivity index (χ0v) is 20.7. The number of likely N-dealkylation sites (tertiary alicyclic amines) is 1. The maximum Gasteiger partial charge on any atom is 0.270 e. The summed E-state index contributed by atoms with van der Waals surface area (Å²) in [6.45, 7) is 7.18. The normalized spacial score (nSPS) is 16.8. The molecule has 34 heavy (non-hydrogen) atoms. The largest absolute Gasteiger partial charge is 0.354 e. The Kier molecular flexibility index (Phi) is 7.15. The lowest BCUT2D eigenvalue weighted by atomic mass is 9.87. The van der Waals surface area contributed by atoms with Gasteiger partial charge in [-0.15, -0.1) is 0 Å². The molecule has 0 spiro atoms. The van der Waals surface area contributed by atoms with Crippen LogP contribution in [0.5, 0.6) is 0 Å². The molecule has 1 N–H and O–H groups in total. The predicted molar refractivity (Wildman–Crippen MR) is 132 cm³/mol. The van der Waals surface area contributed by atoms with Crippen LogP contribution in [0.1, 0.15) is 55.2 Å². The Bertz CT molecular complexity index is 1240. The first-order valence-electron chi connectivity index (χ1n) is 11.7. The van der Waals surface area contributed by atoms with Crippen molar-refractivity contribution in [2.24, 2.45) is 7.05 Å². The van der Waals surface area contributed by atoms with Crippen molar-refractivity contribution in [3.63, 3.8) is 0 Å². The van der Waals surface area contributed by atoms with Crippen molar-refractivity contribution < 1.29 is 13.2 Å². The number of hydrogen-bond donors (Lipinski definition) is 1. The fourth-order valence-corrected chi connectivity index (χ4v) is 5.34. The van der Waals surface area contributed by atoms with E-state index in [1.54, 1.807) is 11.9 Å². The molecule has 3 aromatic rings. The van der Waals surface area contributed by atoms with E-state index < -0.39 is 12.6 Å². The average molecular weight is 494 g/mol. The van der Waals surface area contributed by atoms with Crippen LogP contribution in [-0.2, 0) is 7.05 Å². The molecule has 1 aromatic carbocycles. The van der Waals surface area contributed by atoms with Gasteiger partial charge >= 0.3 is 0 Å². The number of piperidine rings is 1. The molecule has 184 valence electrons. The minimum Gasteiger partial charge on any atom is -0.354 e. The van der Waals surface area contributed by atoms with Crippen LogP contribution in [0.3, 0.4) is 0 Å². The van der Waals surface area contributed by atoms with Crippen molar-refractivity contribution >= 4 is 22.5 Å². The Morgan fingerprint density at radius 2 is 1.85 bits per heavy atom. The number of nitrogens with zero attached hydrogens (tertiary/aromatic N) is 2. The van der Waals surface area contributed by atoms with E-state index in [2.05, 4.69) is 37.0 Å². The molecular formula is C26H31ClF3N3O. The summed E-state index contributed by atoms with van der Waals surface area (Å²) in [5.41, 5.74) is 5.80. The first-order chi connectivity index (χ1) is 16.1. The molecule has 4 rings (SSSR count). The van der Waals surface area contributed by atoms with Gasteiger partial charge in [0.05, 0.1) is 5.69 Å². The Labute approximate surface area is 202 Å². The second-order valence-corrected chi connectivity index (χ2v) is 10.1. The van der Waals surface area contributed by atoms with Crippen LogP contribution in [0, 0.1) is 6.92 Å². The van der Waals surface area contributed by atoms with E-state index in [0.717, 1.165) is 40.6 Å². The number of aromatic nitrogens is 2. The highest BCUT2D eigenvalue weighted by Crippen LogP contribution is 2.39. The van der Waals surface area contributed by atoms with E-state index >= 15 is 0 Å². The molecule has 2 aromatic heterocycles. The van der Waals surface area contributed by atoms with E-state index in [1.165, 1.54) is 15.7 Å². The number of nitrogens with one attached hydrogen (secondary N) is 1. The molecule has 1 saturated heterocycles. The van der Waals surface area contributed by atoms with Gasteiger partial charge < -0.3 is 14.5 Å². The number of aromatic amines is 1. The van der Waals surface area contributed by atoms with Gasteiger partial charge in [0.15, 0.2) is 6.17 Å². The highest BCUT2D eigenvalue weighted by Gasteiger charge is 2.27. The van der Waals surface area contributed by atoms with Crippen LogP contribution < -0.4 is 5.56 Å². The standard InChI is InChI=1S/C26H31ClF3N3O/c1-14(2)22-18-11-17(16-7-9-33(10-8-16)13-20(28)25(29)30)5-6-21(18)31-24(22)19-12-32(4)26(34)23(27)15(19)3/h5-6,11-12,14,16,20,25,31H,7-10,13H2,1-4H3. The van der Waals surface area contributed by atoms with Gasteiger partial charge in [0, 0.05) is 36.3 Å². The van der Waals surface area contributed by atoms with Crippen molar-refractivity contribution in [2.45, 2.75) is 58.0 Å². The number of pyridine rings is 1. The van der Waals surface area contributed by atoms with Crippen LogP contribution in [-0.4, -0.2) is 46.7 Å². The molecule has 3 heterocycles. The van der Waals surface area contributed by atoms with Crippen molar-refractivity contribution in [2.75, 3.05) is 19.6 Å². The molecule has 8 heteroatoms. The quantitative estimate of drug-likeness (QED) is 0.431. The number of alkyl halides is 3. The monoisotopic (exact) mass is 493 g/mol. The SMILES string of the molecule is Cc1c(-c2[nH]c3ccc(C4CCN(CC(F)C(F)F)CC4)cc3c2C(C)C)cn(C)c(=O)c1Cl. The molecule has 0 saturated carbocycles. The van der Waals surface area contributed by atoms with Gasteiger partial charge in [0.1, 0.15) is 5.02 Å². The minimum absolute atomic E-state index is 0.205. The lowest BCUT2D eigenvalue weighted by Gasteiger charge is -2.32. The van der Waals surface area contributed by atoms with Gasteiger partial charge in [0.25, 0.3) is 12.0 Å². The summed E-state index contributed by atoms with van der Waals surface area (Å²) in [7, 11) is 1.70. The van der Waals surface area contributed by atoms with Gasteiger partial charge in [-0.05, 0) is 73.5 Å². The summed E-state index contributed by atoms with van der Waals surface area (Å²) in [5.74, 6) is 0.532. The lowest BCUT2D eigenvalue weighted by molar-refractivity contribution is 0.0230. The maximum absolute atomic E-state index is 13.4. The summed E-state index contributed by atoms with van der Waals surface area (Å²) < 4.78 is 40.1. The zero-order valence-electron chi connectivity index (χ0n) is 20.0. The fourth-order valence-electron chi connectivity index (χ4n) is 5.11. The Morgan fingerprint density at radius 3 is 2.47 bits per heavy atom. The van der Waals surface area contributed by atoms with E-state index in [0.29, 0.717) is 19.0 Å². The average Bonchev–Trinajstić information content (AvgIpc) is 3.19. The highest BCUT2D eigenvalue weighted by atomic mass is 35.5. The first kappa shape index (κ1) is 24.9. The molecule has 1 fully saturated rings. The summed E-state index contributed by atoms with van der Waals surface area (Å²) in [4.78, 5) is 17.6. The Balaban J connectivity index is 1.67. The molecule has 0 radical (unpaired) electrons. The second-order valence-electron chi connectivity index (χ2n) is 9.70. The van der Waals surface area contributed by atoms with Crippen LogP contribution in [0.2, 0.25) is 5.02 Å². The predicted octanol–water partition coefficient (Wildman–Crippen LogP) is 6.40. The third-order valence-corrected chi connectivity index (χ3v) is 7.48. The molecule has 4 nitrogen and oxygen atoms in total. The van der Waals surface area contributed by atoms with E-state index in [-0.39, 0.29) is 23.0 Å². The third kappa shape index (κ3) is 4.65. The smallest absolute Gasteiger partial charge is 0.270 e. The van der Waals surface area contributed by atoms with Crippen LogP contribution >= 0.6 is 11.6 Å². The molecule has 1 atom stereocenters. The second kappa shape index (κ2) is 9.78. The number of H-pyrrole nitrogens is 1. The highest BCUT2D eigenvalue weighted by molar-refractivity contribution is 6.31. The Morgan fingerprint density at radius 1 is 1.18 bits per heavy atom. The molecule has 0 amide bonds. The summed E-state index contributed by atoms with van der Waals surface area (Å²) in [6, 6.07) is 6.42. The van der Waals surface area contributed by atoms with Gasteiger partial charge in [-0.3, -0.25) is 4.79 Å². The number of benzene rings is 1. The van der Waals surface area contributed by atoms with Crippen LogP contribution in [0.15, 0.2) is 29.2 Å². The van der Waals surface area contributed by atoms with Crippen molar-refractivity contribution in [1.29, 1.82) is 0 Å². The molecule has 1 aliphatic heterocycles. The first-order valence-corrected chi connectivity index (χ1v) is 12.1. The fraction of sp³-hybridized carbons (Fsp3) is 0.500. The number of halogens is 4. The maximum atomic E-state index is 13.4. The molecule has 1 aliphatic rings. The Hall–Kier alpha value is -2.25. The lowest BCUT2D eigenvalue weighted by Crippen LogP contribution is -2.39. The number of aryl methyl sites for hydroxylation is 1. The minimum atomic E-state index is -2.93. The van der Waals surface area contributed by atoms with Crippen LogP contribution in [0.25, 0.3) is 22.2 Å². The van der Waals surface area contributed by atoms with E-state index in [1.807, 2.05) is 13.1 Å². The van der Waals surface area contributed by atoms with Gasteiger partial charge in [-0.2, -0.15) is 0 Å². The number of fused-ring (bicyclic) bond motifs is 1. The van der Waals surface area contributed by atoms with Gasteiger partial charge in [0.2, 0.25) is 0 Å². The summed E-state index contributed by atoms with van der Waals surface area (Å²) in [6.07, 6.45) is -1.57. The molecule has 0 bridgehead atoms. The molecule has 1 unspecified atom stereocenters. The number of rotatable bonds is 6. The van der Waals surface area contributed by atoms with Gasteiger partial charge in [-0.1, -0.05) is 31.5 Å². The van der Waals surface area contributed by atoms with Crippen molar-refractivity contribution in [3.05, 3.63) is 56.5 Å². The molecular weight excluding hydrogens is 463 g/mol. The topological polar surface area (TPSA) is 41.0 Å².